The van der Waals surface area contributed by atoms with Gasteiger partial charge in [-0.1, -0.05) is 41.9 Å². The summed E-state index contributed by atoms with van der Waals surface area (Å²) >= 11 is 9.05. The van der Waals surface area contributed by atoms with Crippen LogP contribution < -0.4 is 5.48 Å². The minimum Gasteiger partial charge on any atom is -0.289 e. The van der Waals surface area contributed by atoms with Crippen molar-refractivity contribution in [3.63, 3.8) is 0 Å². The highest BCUT2D eigenvalue weighted by molar-refractivity contribution is 7.20. The molecule has 0 aliphatic carbocycles. The number of halogens is 1. The van der Waals surface area contributed by atoms with E-state index < -0.39 is 5.91 Å². The van der Waals surface area contributed by atoms with E-state index in [0.29, 0.717) is 4.34 Å². The molecular formula is C16H12ClNO2S2. The van der Waals surface area contributed by atoms with Crippen molar-refractivity contribution in [2.24, 2.45) is 0 Å². The predicted molar refractivity (Wildman–Crippen MR) is 91.7 cm³/mol. The third-order valence-electron chi connectivity index (χ3n) is 3.15. The predicted octanol–water partition coefficient (Wildman–Crippen LogP) is 4.84. The quantitative estimate of drug-likeness (QED) is 0.522. The standard InChI is InChI=1S/C16H12ClNO2S2/c17-15-7-6-12(22-15)11-8-13(10-4-2-1-3-5-10)21-14(11)9-16(19)18-20/h1-8,20H,9H2,(H,18,19). The minimum atomic E-state index is -0.426. The summed E-state index contributed by atoms with van der Waals surface area (Å²) in [5.74, 6) is -0.426. The van der Waals surface area contributed by atoms with Gasteiger partial charge in [0.25, 0.3) is 0 Å². The SMILES string of the molecule is O=C(Cc1sc(-c2ccccc2)cc1-c1ccc(Cl)s1)NO. The van der Waals surface area contributed by atoms with Crippen molar-refractivity contribution in [3.05, 3.63) is 57.7 Å². The van der Waals surface area contributed by atoms with Gasteiger partial charge < -0.3 is 0 Å². The van der Waals surface area contributed by atoms with Crippen molar-refractivity contribution in [1.82, 2.24) is 5.48 Å². The van der Waals surface area contributed by atoms with Crippen LogP contribution >= 0.6 is 34.3 Å². The van der Waals surface area contributed by atoms with Gasteiger partial charge in [0.15, 0.2) is 0 Å². The molecule has 0 aliphatic rings. The topological polar surface area (TPSA) is 49.3 Å². The summed E-state index contributed by atoms with van der Waals surface area (Å²) in [5.41, 5.74) is 3.79. The first kappa shape index (κ1) is 15.2. The molecule has 2 aromatic heterocycles. The lowest BCUT2D eigenvalue weighted by Gasteiger charge is -2.00. The fourth-order valence-electron chi connectivity index (χ4n) is 2.16. The Morgan fingerprint density at radius 2 is 1.86 bits per heavy atom. The number of nitrogens with one attached hydrogen (secondary N) is 1. The Hall–Kier alpha value is -1.66. The first-order chi connectivity index (χ1) is 10.7. The van der Waals surface area contributed by atoms with Gasteiger partial charge in [-0.2, -0.15) is 0 Å². The molecule has 1 aromatic carbocycles. The van der Waals surface area contributed by atoms with E-state index in [-0.39, 0.29) is 6.42 Å². The smallest absolute Gasteiger partial charge is 0.248 e. The Morgan fingerprint density at radius 3 is 2.50 bits per heavy atom. The Balaban J connectivity index is 2.06. The van der Waals surface area contributed by atoms with Crippen LogP contribution in [-0.4, -0.2) is 11.1 Å². The average molecular weight is 350 g/mol. The third-order valence-corrected chi connectivity index (χ3v) is 5.60. The lowest BCUT2D eigenvalue weighted by atomic mass is 10.1. The maximum Gasteiger partial charge on any atom is 0.248 e. The van der Waals surface area contributed by atoms with Crippen LogP contribution in [0.3, 0.4) is 0 Å². The van der Waals surface area contributed by atoms with Gasteiger partial charge >= 0.3 is 0 Å². The lowest BCUT2D eigenvalue weighted by molar-refractivity contribution is -0.128. The van der Waals surface area contributed by atoms with E-state index in [1.54, 1.807) is 16.8 Å². The summed E-state index contributed by atoms with van der Waals surface area (Å²) in [5, 5.41) is 8.77. The molecule has 0 radical (unpaired) electrons. The Kier molecular flexibility index (Phi) is 4.59. The molecule has 22 heavy (non-hydrogen) atoms. The van der Waals surface area contributed by atoms with Crippen molar-refractivity contribution in [3.8, 4) is 20.9 Å². The summed E-state index contributed by atoms with van der Waals surface area (Å²) in [4.78, 5) is 14.5. The van der Waals surface area contributed by atoms with Gasteiger partial charge in [0, 0.05) is 20.2 Å². The number of hydrogen-bond acceptors (Lipinski definition) is 4. The molecule has 6 heteroatoms. The van der Waals surface area contributed by atoms with Gasteiger partial charge in [0.2, 0.25) is 5.91 Å². The van der Waals surface area contributed by atoms with Gasteiger partial charge in [-0.05, 0) is 23.8 Å². The maximum atomic E-state index is 11.5. The number of hydrogen-bond donors (Lipinski definition) is 2. The molecule has 0 saturated carbocycles. The number of amides is 1. The molecule has 3 rings (SSSR count). The van der Waals surface area contributed by atoms with Crippen LogP contribution in [0.1, 0.15) is 4.88 Å². The molecule has 3 nitrogen and oxygen atoms in total. The van der Waals surface area contributed by atoms with E-state index in [4.69, 9.17) is 16.8 Å². The van der Waals surface area contributed by atoms with Crippen molar-refractivity contribution in [2.75, 3.05) is 0 Å². The molecule has 112 valence electrons. The molecule has 2 N–H and O–H groups in total. The van der Waals surface area contributed by atoms with E-state index in [0.717, 1.165) is 25.8 Å². The average Bonchev–Trinajstić information content (AvgIpc) is 3.14. The molecule has 2 heterocycles. The van der Waals surface area contributed by atoms with Crippen LogP contribution in [0.25, 0.3) is 20.9 Å². The third kappa shape index (κ3) is 3.23. The monoisotopic (exact) mass is 349 g/mol. The fraction of sp³-hybridized carbons (Fsp3) is 0.0625. The first-order valence-electron chi connectivity index (χ1n) is 6.54. The van der Waals surface area contributed by atoms with Gasteiger partial charge in [-0.15, -0.1) is 22.7 Å². The van der Waals surface area contributed by atoms with E-state index >= 15 is 0 Å². The van der Waals surface area contributed by atoms with Crippen molar-refractivity contribution in [2.45, 2.75) is 6.42 Å². The molecule has 0 spiro atoms. The van der Waals surface area contributed by atoms with E-state index in [2.05, 4.69) is 6.07 Å². The number of hydroxylamine groups is 1. The number of thiophene rings is 2. The summed E-state index contributed by atoms with van der Waals surface area (Å²) in [6.45, 7) is 0. The van der Waals surface area contributed by atoms with Crippen LogP contribution in [0.4, 0.5) is 0 Å². The van der Waals surface area contributed by atoms with Crippen LogP contribution in [-0.2, 0) is 11.2 Å². The highest BCUT2D eigenvalue weighted by Crippen LogP contribution is 2.41. The molecule has 0 aliphatic heterocycles. The molecule has 0 bridgehead atoms. The number of carbonyl (C=O) groups is 1. The zero-order valence-corrected chi connectivity index (χ0v) is 13.8. The van der Waals surface area contributed by atoms with Crippen LogP contribution in [0.15, 0.2) is 48.5 Å². The minimum absolute atomic E-state index is 0.138. The number of rotatable bonds is 4. The van der Waals surface area contributed by atoms with Crippen LogP contribution in [0, 0.1) is 0 Å². The molecule has 0 atom stereocenters. The molecule has 0 unspecified atom stereocenters. The summed E-state index contributed by atoms with van der Waals surface area (Å²) < 4.78 is 0.708. The lowest BCUT2D eigenvalue weighted by Crippen LogP contribution is -2.20. The van der Waals surface area contributed by atoms with E-state index in [1.807, 2.05) is 42.5 Å². The van der Waals surface area contributed by atoms with Gasteiger partial charge in [-0.3, -0.25) is 10.0 Å². The fourth-order valence-corrected chi connectivity index (χ4v) is 4.49. The summed E-state index contributed by atoms with van der Waals surface area (Å²) in [6.07, 6.45) is 0.138. The molecular weight excluding hydrogens is 338 g/mol. The Morgan fingerprint density at radius 1 is 1.09 bits per heavy atom. The molecule has 3 aromatic rings. The zero-order chi connectivity index (χ0) is 15.5. The van der Waals surface area contributed by atoms with Crippen LogP contribution in [0.5, 0.6) is 0 Å². The van der Waals surface area contributed by atoms with Crippen LogP contribution in [0.2, 0.25) is 4.34 Å². The van der Waals surface area contributed by atoms with E-state index in [1.165, 1.54) is 11.3 Å². The van der Waals surface area contributed by atoms with Crippen molar-refractivity contribution < 1.29 is 10.0 Å². The second-order valence-electron chi connectivity index (χ2n) is 4.63. The largest absolute Gasteiger partial charge is 0.289 e. The second kappa shape index (κ2) is 6.62. The number of carbonyl (C=O) groups excluding carboxylic acids is 1. The summed E-state index contributed by atoms with van der Waals surface area (Å²) in [7, 11) is 0. The number of benzene rings is 1. The van der Waals surface area contributed by atoms with E-state index in [9.17, 15) is 4.79 Å². The normalized spacial score (nSPS) is 10.6. The van der Waals surface area contributed by atoms with Crippen molar-refractivity contribution in [1.29, 1.82) is 0 Å². The Bertz CT molecular complexity index is 796. The zero-order valence-electron chi connectivity index (χ0n) is 11.4. The van der Waals surface area contributed by atoms with Gasteiger partial charge in [0.1, 0.15) is 0 Å². The highest BCUT2D eigenvalue weighted by Gasteiger charge is 2.16. The summed E-state index contributed by atoms with van der Waals surface area (Å²) in [6, 6.07) is 15.9. The first-order valence-corrected chi connectivity index (χ1v) is 8.55. The highest BCUT2D eigenvalue weighted by atomic mass is 35.5. The second-order valence-corrected chi connectivity index (χ2v) is 7.48. The molecule has 0 saturated heterocycles. The molecule has 0 fully saturated rings. The van der Waals surface area contributed by atoms with Crippen molar-refractivity contribution >= 4 is 40.2 Å². The van der Waals surface area contributed by atoms with Gasteiger partial charge in [-0.25, -0.2) is 5.48 Å². The molecule has 1 amide bonds. The van der Waals surface area contributed by atoms with Gasteiger partial charge in [0.05, 0.1) is 10.8 Å². The Labute approximate surface area is 140 Å². The maximum absolute atomic E-state index is 11.5.